The van der Waals surface area contributed by atoms with E-state index >= 15 is 0 Å². The molecule has 1 heterocycles. The lowest BCUT2D eigenvalue weighted by Crippen LogP contribution is -2.60. The number of hydrazone groups is 1. The molecule has 0 amide bonds. The Hall–Kier alpha value is -3.27. The summed E-state index contributed by atoms with van der Waals surface area (Å²) in [6, 6.07) is 31.7. The second kappa shape index (κ2) is 16.6. The molecular formula is C35H48N4. The van der Waals surface area contributed by atoms with E-state index < -0.39 is 0 Å². The molecule has 0 saturated heterocycles. The van der Waals surface area contributed by atoms with Gasteiger partial charge in [-0.25, -0.2) is 5.01 Å². The molecule has 4 rings (SSSR count). The number of hydrogen-bond acceptors (Lipinski definition) is 4. The monoisotopic (exact) mass is 524 g/mol. The number of amidine groups is 1. The number of nitrogens with one attached hydrogen (secondary N) is 1. The number of benzene rings is 3. The van der Waals surface area contributed by atoms with Crippen LogP contribution in [-0.2, 0) is 0 Å². The molecule has 1 aliphatic rings. The number of hydrazine groups is 1. The molecule has 208 valence electrons. The van der Waals surface area contributed by atoms with Gasteiger partial charge < -0.3 is 0 Å². The number of para-hydroxylation sites is 2. The van der Waals surface area contributed by atoms with Crippen molar-refractivity contribution in [2.24, 2.45) is 5.10 Å². The van der Waals surface area contributed by atoms with Gasteiger partial charge in [0.1, 0.15) is 6.17 Å². The van der Waals surface area contributed by atoms with Crippen LogP contribution in [0.4, 0.5) is 11.4 Å². The van der Waals surface area contributed by atoms with Crippen molar-refractivity contribution in [2.75, 3.05) is 10.0 Å². The lowest BCUT2D eigenvalue weighted by molar-refractivity contribution is 0.457. The van der Waals surface area contributed by atoms with E-state index in [9.17, 15) is 0 Å². The number of rotatable bonds is 17. The molecule has 3 aromatic rings. The topological polar surface area (TPSA) is 30.9 Å². The van der Waals surface area contributed by atoms with Crippen LogP contribution in [0.2, 0.25) is 0 Å². The fourth-order valence-electron chi connectivity index (χ4n) is 5.44. The van der Waals surface area contributed by atoms with Gasteiger partial charge in [-0.15, -0.1) is 0 Å². The molecule has 1 aliphatic heterocycles. The first-order valence-corrected chi connectivity index (χ1v) is 15.5. The second-order valence-corrected chi connectivity index (χ2v) is 10.8. The summed E-state index contributed by atoms with van der Waals surface area (Å²) < 4.78 is 0. The normalized spacial score (nSPS) is 15.2. The van der Waals surface area contributed by atoms with Crippen LogP contribution in [0.3, 0.4) is 0 Å². The van der Waals surface area contributed by atoms with Crippen LogP contribution in [0.1, 0.15) is 102 Å². The van der Waals surface area contributed by atoms with Gasteiger partial charge in [-0.1, -0.05) is 151 Å². The number of unbranched alkanes of at least 4 members (excludes halogenated alkanes) is 12. The Bertz CT molecular complexity index is 1070. The summed E-state index contributed by atoms with van der Waals surface area (Å²) in [7, 11) is 0. The van der Waals surface area contributed by atoms with Gasteiger partial charge in [0, 0.05) is 5.56 Å². The minimum Gasteiger partial charge on any atom is -0.278 e. The van der Waals surface area contributed by atoms with Crippen molar-refractivity contribution in [3.63, 3.8) is 0 Å². The Morgan fingerprint density at radius 3 is 1.56 bits per heavy atom. The van der Waals surface area contributed by atoms with Gasteiger partial charge in [0.15, 0.2) is 5.84 Å². The van der Waals surface area contributed by atoms with Crippen molar-refractivity contribution in [1.29, 1.82) is 0 Å². The van der Waals surface area contributed by atoms with Crippen LogP contribution in [0.25, 0.3) is 0 Å². The van der Waals surface area contributed by atoms with E-state index in [2.05, 4.69) is 107 Å². The van der Waals surface area contributed by atoms with Crippen molar-refractivity contribution >= 4 is 17.2 Å². The lowest BCUT2D eigenvalue weighted by atomic mass is 10.0. The highest BCUT2D eigenvalue weighted by atomic mass is 15.7. The van der Waals surface area contributed by atoms with Gasteiger partial charge in [-0.2, -0.15) is 5.10 Å². The molecule has 1 atom stereocenters. The Labute approximate surface area is 237 Å². The van der Waals surface area contributed by atoms with Crippen LogP contribution in [-0.4, -0.2) is 12.0 Å². The van der Waals surface area contributed by atoms with Gasteiger partial charge in [0.25, 0.3) is 0 Å². The molecule has 39 heavy (non-hydrogen) atoms. The fraction of sp³-hybridized carbons (Fsp3) is 0.457. The standard InChI is InChI=1S/C35H48N4/c1-2-3-4-5-6-7-8-9-10-11-12-13-23-30-34-38(32-26-19-15-20-27-32)36-35(31-24-17-14-18-25-31)37-39(34)33-28-21-16-22-29-33/h14-22,24-29,34H,2-13,23,30H2,1H3,(H,36,37). The Kier molecular flexibility index (Phi) is 12.3. The van der Waals surface area contributed by atoms with Crippen molar-refractivity contribution < 1.29 is 0 Å². The van der Waals surface area contributed by atoms with Crippen molar-refractivity contribution in [2.45, 2.75) is 103 Å². The summed E-state index contributed by atoms with van der Waals surface area (Å²) in [5.74, 6) is 0.866. The number of anilines is 2. The minimum absolute atomic E-state index is 0.0926. The molecule has 0 spiro atoms. The molecule has 0 aromatic heterocycles. The van der Waals surface area contributed by atoms with Crippen molar-refractivity contribution in [3.8, 4) is 0 Å². The van der Waals surface area contributed by atoms with Gasteiger partial charge in [0.2, 0.25) is 0 Å². The van der Waals surface area contributed by atoms with Gasteiger partial charge in [-0.05, 0) is 37.1 Å². The third-order valence-corrected chi connectivity index (χ3v) is 7.68. The smallest absolute Gasteiger partial charge is 0.172 e. The zero-order valence-corrected chi connectivity index (χ0v) is 24.0. The highest BCUT2D eigenvalue weighted by Gasteiger charge is 2.31. The largest absolute Gasteiger partial charge is 0.278 e. The second-order valence-electron chi connectivity index (χ2n) is 10.8. The van der Waals surface area contributed by atoms with Crippen LogP contribution in [0, 0.1) is 0 Å². The van der Waals surface area contributed by atoms with Crippen LogP contribution < -0.4 is 15.4 Å². The van der Waals surface area contributed by atoms with Crippen molar-refractivity contribution in [3.05, 3.63) is 96.6 Å². The Morgan fingerprint density at radius 1 is 0.564 bits per heavy atom. The maximum atomic E-state index is 5.16. The third kappa shape index (κ3) is 9.16. The van der Waals surface area contributed by atoms with E-state index in [1.165, 1.54) is 83.5 Å². The number of nitrogens with zero attached hydrogens (tertiary/aromatic N) is 3. The molecule has 0 fully saturated rings. The van der Waals surface area contributed by atoms with Crippen LogP contribution in [0.5, 0.6) is 0 Å². The first-order chi connectivity index (χ1) is 19.4. The molecule has 1 N–H and O–H groups in total. The minimum atomic E-state index is 0.0926. The summed E-state index contributed by atoms with van der Waals surface area (Å²) in [5, 5.41) is 9.68. The Balaban J connectivity index is 1.35. The third-order valence-electron chi connectivity index (χ3n) is 7.68. The first kappa shape index (κ1) is 28.7. The van der Waals surface area contributed by atoms with Gasteiger partial charge >= 0.3 is 0 Å². The van der Waals surface area contributed by atoms with E-state index in [0.29, 0.717) is 0 Å². The first-order valence-electron chi connectivity index (χ1n) is 15.5. The SMILES string of the molecule is CCCCCCCCCCCCCCCC1N(c2ccccc2)N=C(c2ccccc2)NN1c1ccccc1. The van der Waals surface area contributed by atoms with E-state index in [4.69, 9.17) is 5.10 Å². The molecule has 0 saturated carbocycles. The predicted molar refractivity (Wildman–Crippen MR) is 168 cm³/mol. The molecule has 3 aromatic carbocycles. The summed E-state index contributed by atoms with van der Waals surface area (Å²) in [6.45, 7) is 2.29. The summed E-state index contributed by atoms with van der Waals surface area (Å²) in [5.41, 5.74) is 7.03. The predicted octanol–water partition coefficient (Wildman–Crippen LogP) is 9.69. The zero-order chi connectivity index (χ0) is 27.0. The maximum Gasteiger partial charge on any atom is 0.172 e. The molecule has 4 heteroatoms. The summed E-state index contributed by atoms with van der Waals surface area (Å²) in [6.07, 6.45) is 18.9. The molecular weight excluding hydrogens is 476 g/mol. The van der Waals surface area contributed by atoms with Crippen LogP contribution >= 0.6 is 0 Å². The molecule has 4 nitrogen and oxygen atoms in total. The van der Waals surface area contributed by atoms with E-state index in [-0.39, 0.29) is 6.17 Å². The summed E-state index contributed by atoms with van der Waals surface area (Å²) in [4.78, 5) is 0. The van der Waals surface area contributed by atoms with Gasteiger partial charge in [-0.3, -0.25) is 10.4 Å². The number of hydrogen-bond donors (Lipinski definition) is 1. The summed E-state index contributed by atoms with van der Waals surface area (Å²) >= 11 is 0. The quantitative estimate of drug-likeness (QED) is 0.178. The van der Waals surface area contributed by atoms with Gasteiger partial charge in [0.05, 0.1) is 11.4 Å². The van der Waals surface area contributed by atoms with E-state index in [0.717, 1.165) is 29.2 Å². The molecule has 1 unspecified atom stereocenters. The van der Waals surface area contributed by atoms with E-state index in [1.54, 1.807) is 0 Å². The molecule has 0 bridgehead atoms. The Morgan fingerprint density at radius 2 is 1.03 bits per heavy atom. The fourth-order valence-corrected chi connectivity index (χ4v) is 5.44. The lowest BCUT2D eigenvalue weighted by Gasteiger charge is -2.44. The average molecular weight is 525 g/mol. The van der Waals surface area contributed by atoms with Crippen molar-refractivity contribution in [1.82, 2.24) is 5.43 Å². The highest BCUT2D eigenvalue weighted by Crippen LogP contribution is 2.29. The molecule has 0 aliphatic carbocycles. The van der Waals surface area contributed by atoms with E-state index in [1.807, 2.05) is 6.07 Å². The zero-order valence-electron chi connectivity index (χ0n) is 24.0. The maximum absolute atomic E-state index is 5.16. The molecule has 0 radical (unpaired) electrons. The highest BCUT2D eigenvalue weighted by molar-refractivity contribution is 6.01. The van der Waals surface area contributed by atoms with Crippen LogP contribution in [0.15, 0.2) is 96.1 Å². The average Bonchev–Trinajstić information content (AvgIpc) is 3.00.